The molecule has 1 aromatic rings. The van der Waals surface area contributed by atoms with Crippen LogP contribution in [0, 0.1) is 13.8 Å². The smallest absolute Gasteiger partial charge is 0.326 e. The van der Waals surface area contributed by atoms with Gasteiger partial charge in [-0.25, -0.2) is 0 Å². The fourth-order valence-corrected chi connectivity index (χ4v) is 2.12. The Morgan fingerprint density at radius 1 is 1.25 bits per heavy atom. The van der Waals surface area contributed by atoms with Crippen molar-refractivity contribution in [2.75, 3.05) is 5.32 Å². The van der Waals surface area contributed by atoms with Crippen LogP contribution < -0.4 is 5.32 Å². The maximum Gasteiger partial charge on any atom is 0.332 e. The summed E-state index contributed by atoms with van der Waals surface area (Å²) in [5.74, 6) is -0.339. The van der Waals surface area contributed by atoms with E-state index < -0.39 is 15.1 Å². The quantitative estimate of drug-likeness (QED) is 0.810. The zero-order valence-electron chi connectivity index (χ0n) is 9.17. The first-order chi connectivity index (χ1) is 7.21. The molecular weight excluding hydrogens is 233 g/mol. The summed E-state index contributed by atoms with van der Waals surface area (Å²) in [5, 5.41) is 2.44. The number of halogens is 1. The molecular formula is C10H12FNO3S. The van der Waals surface area contributed by atoms with E-state index in [2.05, 4.69) is 5.32 Å². The summed E-state index contributed by atoms with van der Waals surface area (Å²) in [6, 6.07) is 2.64. The first-order valence-electron chi connectivity index (χ1n) is 4.55. The van der Waals surface area contributed by atoms with Gasteiger partial charge in [0.1, 0.15) is 4.90 Å². The van der Waals surface area contributed by atoms with Crippen LogP contribution in [0.5, 0.6) is 0 Å². The molecule has 1 amide bonds. The molecule has 0 aromatic heterocycles. The highest BCUT2D eigenvalue weighted by Gasteiger charge is 2.17. The monoisotopic (exact) mass is 245 g/mol. The second-order valence-electron chi connectivity index (χ2n) is 3.55. The van der Waals surface area contributed by atoms with Crippen LogP contribution in [0.25, 0.3) is 0 Å². The molecule has 0 unspecified atom stereocenters. The Labute approximate surface area is 93.7 Å². The Bertz CT molecular complexity index is 537. The molecule has 88 valence electrons. The van der Waals surface area contributed by atoms with Crippen LogP contribution >= 0.6 is 0 Å². The minimum absolute atomic E-state index is 0.300. The van der Waals surface area contributed by atoms with E-state index in [-0.39, 0.29) is 5.91 Å². The Hall–Kier alpha value is -1.43. The van der Waals surface area contributed by atoms with Crippen LogP contribution in [0.3, 0.4) is 0 Å². The average molecular weight is 245 g/mol. The van der Waals surface area contributed by atoms with Crippen molar-refractivity contribution >= 4 is 21.8 Å². The van der Waals surface area contributed by atoms with E-state index in [0.717, 1.165) is 6.07 Å². The summed E-state index contributed by atoms with van der Waals surface area (Å²) in [4.78, 5) is 10.4. The normalized spacial score (nSPS) is 11.2. The van der Waals surface area contributed by atoms with Gasteiger partial charge in [0, 0.05) is 12.6 Å². The number of carbonyl (C=O) groups is 1. The van der Waals surface area contributed by atoms with Gasteiger partial charge in [-0.2, -0.15) is 8.42 Å². The number of aryl methyl sites for hydroxylation is 2. The molecule has 0 fully saturated rings. The van der Waals surface area contributed by atoms with E-state index in [4.69, 9.17) is 0 Å². The van der Waals surface area contributed by atoms with Crippen molar-refractivity contribution < 1.29 is 17.1 Å². The number of nitrogens with one attached hydrogen (secondary N) is 1. The molecule has 1 rings (SSSR count). The summed E-state index contributed by atoms with van der Waals surface area (Å²) < 4.78 is 34.5. The topological polar surface area (TPSA) is 63.2 Å². The largest absolute Gasteiger partial charge is 0.332 e. The van der Waals surface area contributed by atoms with E-state index in [1.54, 1.807) is 6.92 Å². The SMILES string of the molecule is CC(=O)Nc1cc(S(=O)(=O)F)c(C)cc1C. The molecule has 1 N–H and O–H groups in total. The molecule has 0 heterocycles. The minimum atomic E-state index is -4.76. The number of anilines is 1. The fraction of sp³-hybridized carbons (Fsp3) is 0.300. The molecule has 6 heteroatoms. The van der Waals surface area contributed by atoms with Gasteiger partial charge in [-0.05, 0) is 31.0 Å². The minimum Gasteiger partial charge on any atom is -0.326 e. The Kier molecular flexibility index (Phi) is 3.32. The number of rotatable bonds is 2. The van der Waals surface area contributed by atoms with E-state index in [1.165, 1.54) is 19.9 Å². The molecule has 16 heavy (non-hydrogen) atoms. The summed E-state index contributed by atoms with van der Waals surface area (Å²) in [6.45, 7) is 4.49. The molecule has 1 aromatic carbocycles. The summed E-state index contributed by atoms with van der Waals surface area (Å²) >= 11 is 0. The summed E-state index contributed by atoms with van der Waals surface area (Å²) in [6.07, 6.45) is 0. The van der Waals surface area contributed by atoms with Gasteiger partial charge in [-0.15, -0.1) is 3.89 Å². The van der Waals surface area contributed by atoms with Gasteiger partial charge in [0.25, 0.3) is 0 Å². The van der Waals surface area contributed by atoms with Crippen LogP contribution in [0.4, 0.5) is 9.57 Å². The first-order valence-corrected chi connectivity index (χ1v) is 5.93. The third-order valence-electron chi connectivity index (χ3n) is 2.10. The van der Waals surface area contributed by atoms with Crippen molar-refractivity contribution in [1.82, 2.24) is 0 Å². The molecule has 4 nitrogen and oxygen atoms in total. The van der Waals surface area contributed by atoms with Gasteiger partial charge in [0.2, 0.25) is 5.91 Å². The predicted molar refractivity (Wildman–Crippen MR) is 58.5 cm³/mol. The molecule has 0 spiro atoms. The van der Waals surface area contributed by atoms with E-state index >= 15 is 0 Å². The van der Waals surface area contributed by atoms with Gasteiger partial charge >= 0.3 is 10.2 Å². The lowest BCUT2D eigenvalue weighted by molar-refractivity contribution is -0.114. The zero-order chi connectivity index (χ0) is 12.5. The van der Waals surface area contributed by atoms with E-state index in [1.807, 2.05) is 0 Å². The zero-order valence-corrected chi connectivity index (χ0v) is 9.98. The lowest BCUT2D eigenvalue weighted by Crippen LogP contribution is -2.08. The van der Waals surface area contributed by atoms with Crippen molar-refractivity contribution in [2.45, 2.75) is 25.7 Å². The first kappa shape index (κ1) is 12.6. The second-order valence-corrected chi connectivity index (χ2v) is 4.87. The van der Waals surface area contributed by atoms with Crippen molar-refractivity contribution in [1.29, 1.82) is 0 Å². The number of hydrogen-bond acceptors (Lipinski definition) is 3. The third-order valence-corrected chi connectivity index (χ3v) is 3.06. The Morgan fingerprint density at radius 3 is 2.25 bits per heavy atom. The van der Waals surface area contributed by atoms with Gasteiger partial charge < -0.3 is 5.32 Å². The number of benzene rings is 1. The van der Waals surface area contributed by atoms with Crippen LogP contribution in [0.15, 0.2) is 17.0 Å². The summed E-state index contributed by atoms with van der Waals surface area (Å²) in [5.41, 5.74) is 1.29. The van der Waals surface area contributed by atoms with Crippen molar-refractivity contribution in [3.63, 3.8) is 0 Å². The number of amides is 1. The lowest BCUT2D eigenvalue weighted by Gasteiger charge is -2.09. The van der Waals surface area contributed by atoms with Crippen LogP contribution in [0.1, 0.15) is 18.1 Å². The molecule has 0 saturated carbocycles. The number of hydrogen-bond donors (Lipinski definition) is 1. The molecule has 0 aliphatic rings. The lowest BCUT2D eigenvalue weighted by atomic mass is 10.1. The molecule has 0 saturated heterocycles. The second kappa shape index (κ2) is 4.21. The van der Waals surface area contributed by atoms with Gasteiger partial charge in [-0.1, -0.05) is 6.07 Å². The van der Waals surface area contributed by atoms with Crippen molar-refractivity contribution in [3.8, 4) is 0 Å². The van der Waals surface area contributed by atoms with Crippen LogP contribution in [-0.4, -0.2) is 14.3 Å². The maximum atomic E-state index is 12.9. The fourth-order valence-electron chi connectivity index (χ4n) is 1.42. The van der Waals surface area contributed by atoms with Gasteiger partial charge in [0.15, 0.2) is 0 Å². The predicted octanol–water partition coefficient (Wildman–Crippen LogP) is 1.92. The highest BCUT2D eigenvalue weighted by Crippen LogP contribution is 2.25. The van der Waals surface area contributed by atoms with Gasteiger partial charge in [0.05, 0.1) is 0 Å². The molecule has 0 bridgehead atoms. The Morgan fingerprint density at radius 2 is 1.81 bits per heavy atom. The van der Waals surface area contributed by atoms with E-state index in [0.29, 0.717) is 16.8 Å². The Balaban J connectivity index is 3.38. The van der Waals surface area contributed by atoms with Gasteiger partial charge in [-0.3, -0.25) is 4.79 Å². The number of carbonyl (C=O) groups excluding carboxylic acids is 1. The highest BCUT2D eigenvalue weighted by molar-refractivity contribution is 7.86. The van der Waals surface area contributed by atoms with Crippen LogP contribution in [0.2, 0.25) is 0 Å². The molecule has 0 aliphatic heterocycles. The van der Waals surface area contributed by atoms with Crippen molar-refractivity contribution in [3.05, 3.63) is 23.3 Å². The van der Waals surface area contributed by atoms with Crippen LogP contribution in [-0.2, 0) is 15.0 Å². The van der Waals surface area contributed by atoms with Crippen molar-refractivity contribution in [2.24, 2.45) is 0 Å². The maximum absolute atomic E-state index is 12.9. The third kappa shape index (κ3) is 2.79. The molecule has 0 aliphatic carbocycles. The standard InChI is InChI=1S/C10H12FNO3S/c1-6-4-7(2)10(16(11,14)15)5-9(6)12-8(3)13/h4-5H,1-3H3,(H,12,13). The summed E-state index contributed by atoms with van der Waals surface area (Å²) in [7, 11) is -4.76. The highest BCUT2D eigenvalue weighted by atomic mass is 32.3. The average Bonchev–Trinajstić information content (AvgIpc) is 2.06. The van der Waals surface area contributed by atoms with E-state index in [9.17, 15) is 17.1 Å². The molecule has 0 atom stereocenters. The molecule has 0 radical (unpaired) electrons.